The van der Waals surface area contributed by atoms with Gasteiger partial charge in [-0.1, -0.05) is 23.4 Å². The molecule has 0 saturated carbocycles. The number of hydrogen-bond donors (Lipinski definition) is 4. The Kier molecular flexibility index (Phi) is 6.46. The van der Waals surface area contributed by atoms with Crippen LogP contribution in [0, 0.1) is 17.5 Å². The molecule has 9 nitrogen and oxygen atoms in total. The number of hydrogen-bond acceptors (Lipinski definition) is 8. The predicted molar refractivity (Wildman–Crippen MR) is 111 cm³/mol. The maximum atomic E-state index is 13.6. The summed E-state index contributed by atoms with van der Waals surface area (Å²) in [6.45, 7) is -0.658. The van der Waals surface area contributed by atoms with Crippen molar-refractivity contribution >= 4 is 0 Å². The Balaban J connectivity index is 1.70. The van der Waals surface area contributed by atoms with E-state index >= 15 is 0 Å². The van der Waals surface area contributed by atoms with E-state index in [9.17, 15) is 33.6 Å². The van der Waals surface area contributed by atoms with Crippen molar-refractivity contribution in [3.8, 4) is 11.3 Å². The summed E-state index contributed by atoms with van der Waals surface area (Å²) in [4.78, 5) is 1.02. The average molecular weight is 478 g/mol. The standard InChI is InChI=1S/C22H21F3N4O5/c1-28(21(33)12-5-6-14(24)15(25)8-12)22-20(32)18(19(31)17(10-30)34-22)29-9-16(26-27-29)11-3-2-4-13(23)7-11/h2-9,17-19,21,30-33H,10H2,1H3/t17?,18?,19-,21?/m0/s1. The molecule has 3 unspecified atom stereocenters. The third-order valence-electron chi connectivity index (χ3n) is 5.49. The largest absolute Gasteiger partial charge is 0.505 e. The number of aliphatic hydroxyl groups excluding tert-OH is 4. The molecule has 2 heterocycles. The topological polar surface area (TPSA) is 124 Å². The number of ether oxygens (including phenoxy) is 1. The molecule has 0 spiro atoms. The van der Waals surface area contributed by atoms with E-state index < -0.39 is 54.3 Å². The number of rotatable bonds is 6. The van der Waals surface area contributed by atoms with Crippen molar-refractivity contribution in [2.75, 3.05) is 13.7 Å². The van der Waals surface area contributed by atoms with Gasteiger partial charge in [-0.25, -0.2) is 17.9 Å². The quantitative estimate of drug-likeness (QED) is 0.397. The zero-order chi connectivity index (χ0) is 24.6. The second kappa shape index (κ2) is 9.33. The first kappa shape index (κ1) is 23.5. The van der Waals surface area contributed by atoms with Gasteiger partial charge in [-0.05, 0) is 24.3 Å². The fourth-order valence-corrected chi connectivity index (χ4v) is 3.66. The number of nitrogens with zero attached hydrogens (tertiary/aromatic N) is 4. The molecule has 0 radical (unpaired) electrons. The van der Waals surface area contributed by atoms with Gasteiger partial charge in [-0.3, -0.25) is 0 Å². The molecular formula is C22H21F3N4O5. The molecule has 0 saturated heterocycles. The lowest BCUT2D eigenvalue weighted by Gasteiger charge is -2.39. The molecule has 0 bridgehead atoms. The van der Waals surface area contributed by atoms with Crippen LogP contribution in [0.4, 0.5) is 13.2 Å². The fourth-order valence-electron chi connectivity index (χ4n) is 3.66. The number of benzene rings is 2. The van der Waals surface area contributed by atoms with Crippen molar-refractivity contribution in [1.82, 2.24) is 19.9 Å². The highest BCUT2D eigenvalue weighted by molar-refractivity contribution is 5.57. The Morgan fingerprint density at radius 1 is 1.15 bits per heavy atom. The number of aliphatic hydroxyl groups is 4. The molecule has 0 aliphatic carbocycles. The van der Waals surface area contributed by atoms with Crippen molar-refractivity contribution in [2.45, 2.75) is 24.5 Å². The third kappa shape index (κ3) is 4.30. The first-order chi connectivity index (χ1) is 16.2. The zero-order valence-corrected chi connectivity index (χ0v) is 17.8. The minimum Gasteiger partial charge on any atom is -0.505 e. The molecule has 2 aromatic carbocycles. The SMILES string of the molecule is CN(C1=C(O)C(n2cc(-c3cccc(F)c3)nn2)[C@@H](O)C(CO)O1)C(O)c1ccc(F)c(F)c1. The smallest absolute Gasteiger partial charge is 0.233 e. The molecule has 4 rings (SSSR count). The van der Waals surface area contributed by atoms with Crippen LogP contribution in [-0.4, -0.2) is 66.2 Å². The highest BCUT2D eigenvalue weighted by Gasteiger charge is 2.43. The Morgan fingerprint density at radius 2 is 1.91 bits per heavy atom. The molecule has 1 aliphatic rings. The molecule has 0 amide bonds. The van der Waals surface area contributed by atoms with Crippen LogP contribution < -0.4 is 0 Å². The average Bonchev–Trinajstić information content (AvgIpc) is 3.30. The Bertz CT molecular complexity index is 1220. The van der Waals surface area contributed by atoms with Gasteiger partial charge in [0.2, 0.25) is 5.88 Å². The van der Waals surface area contributed by atoms with E-state index in [0.717, 1.165) is 27.8 Å². The molecule has 12 heteroatoms. The highest BCUT2D eigenvalue weighted by Crippen LogP contribution is 2.36. The van der Waals surface area contributed by atoms with Crippen molar-refractivity contribution in [1.29, 1.82) is 0 Å². The summed E-state index contributed by atoms with van der Waals surface area (Å²) in [7, 11) is 1.31. The van der Waals surface area contributed by atoms with E-state index in [-0.39, 0.29) is 17.1 Å². The summed E-state index contributed by atoms with van der Waals surface area (Å²) in [5, 5.41) is 49.8. The van der Waals surface area contributed by atoms with Crippen LogP contribution >= 0.6 is 0 Å². The lowest BCUT2D eigenvalue weighted by Crippen LogP contribution is -2.47. The molecule has 180 valence electrons. The lowest BCUT2D eigenvalue weighted by atomic mass is 10.0. The Morgan fingerprint density at radius 3 is 2.59 bits per heavy atom. The molecule has 4 N–H and O–H groups in total. The normalized spacial score (nSPS) is 21.3. The minimum atomic E-state index is -1.58. The summed E-state index contributed by atoms with van der Waals surface area (Å²) < 4.78 is 47.1. The second-order valence-electron chi connectivity index (χ2n) is 7.72. The Labute approximate surface area is 191 Å². The van der Waals surface area contributed by atoms with Crippen LogP contribution in [0.2, 0.25) is 0 Å². The third-order valence-corrected chi connectivity index (χ3v) is 5.49. The van der Waals surface area contributed by atoms with E-state index in [4.69, 9.17) is 4.74 Å². The van der Waals surface area contributed by atoms with Crippen molar-refractivity contribution in [3.05, 3.63) is 83.3 Å². The maximum Gasteiger partial charge on any atom is 0.233 e. The van der Waals surface area contributed by atoms with E-state index in [0.29, 0.717) is 5.56 Å². The van der Waals surface area contributed by atoms with Crippen LogP contribution in [0.1, 0.15) is 17.8 Å². The summed E-state index contributed by atoms with van der Waals surface area (Å²) in [6, 6.07) is 7.06. The van der Waals surface area contributed by atoms with Gasteiger partial charge >= 0.3 is 0 Å². The molecule has 1 aliphatic heterocycles. The van der Waals surface area contributed by atoms with E-state index in [1.165, 1.54) is 31.4 Å². The van der Waals surface area contributed by atoms with Gasteiger partial charge in [0.15, 0.2) is 29.7 Å². The number of aromatic nitrogens is 3. The predicted octanol–water partition coefficient (Wildman–Crippen LogP) is 2.01. The first-order valence-electron chi connectivity index (χ1n) is 10.1. The van der Waals surface area contributed by atoms with Crippen LogP contribution in [0.3, 0.4) is 0 Å². The van der Waals surface area contributed by atoms with Crippen LogP contribution in [0.15, 0.2) is 60.3 Å². The monoisotopic (exact) mass is 478 g/mol. The maximum absolute atomic E-state index is 13.6. The summed E-state index contributed by atoms with van der Waals surface area (Å²) >= 11 is 0. The van der Waals surface area contributed by atoms with Crippen LogP contribution in [0.25, 0.3) is 11.3 Å². The summed E-state index contributed by atoms with van der Waals surface area (Å²) in [5.74, 6) is -3.68. The van der Waals surface area contributed by atoms with Gasteiger partial charge in [0.05, 0.1) is 12.8 Å². The highest BCUT2D eigenvalue weighted by atomic mass is 19.2. The van der Waals surface area contributed by atoms with Gasteiger partial charge in [-0.2, -0.15) is 0 Å². The van der Waals surface area contributed by atoms with E-state index in [1.54, 1.807) is 6.07 Å². The second-order valence-corrected chi connectivity index (χ2v) is 7.72. The number of halogens is 3. The summed E-state index contributed by atoms with van der Waals surface area (Å²) in [5.41, 5.74) is 0.618. The van der Waals surface area contributed by atoms with Gasteiger partial charge in [0.25, 0.3) is 0 Å². The first-order valence-corrected chi connectivity index (χ1v) is 10.1. The van der Waals surface area contributed by atoms with Crippen molar-refractivity contribution in [3.63, 3.8) is 0 Å². The van der Waals surface area contributed by atoms with Gasteiger partial charge in [0, 0.05) is 18.2 Å². The van der Waals surface area contributed by atoms with Crippen molar-refractivity contribution in [2.24, 2.45) is 0 Å². The summed E-state index contributed by atoms with van der Waals surface area (Å²) in [6.07, 6.45) is -2.94. The fraction of sp³-hybridized carbons (Fsp3) is 0.273. The lowest BCUT2D eigenvalue weighted by molar-refractivity contribution is -0.120. The van der Waals surface area contributed by atoms with E-state index in [2.05, 4.69) is 10.3 Å². The Hall–Kier alpha value is -3.61. The van der Waals surface area contributed by atoms with Gasteiger partial charge in [0.1, 0.15) is 23.7 Å². The molecular weight excluding hydrogens is 457 g/mol. The molecule has 4 atom stereocenters. The van der Waals surface area contributed by atoms with Crippen LogP contribution in [0.5, 0.6) is 0 Å². The van der Waals surface area contributed by atoms with E-state index in [1.807, 2.05) is 0 Å². The van der Waals surface area contributed by atoms with Gasteiger partial charge < -0.3 is 30.1 Å². The molecule has 34 heavy (non-hydrogen) atoms. The minimum absolute atomic E-state index is 0.0392. The van der Waals surface area contributed by atoms with Gasteiger partial charge in [-0.15, -0.1) is 5.10 Å². The van der Waals surface area contributed by atoms with Crippen molar-refractivity contribution < 1.29 is 38.3 Å². The zero-order valence-electron chi connectivity index (χ0n) is 17.8. The van der Waals surface area contributed by atoms with Crippen LogP contribution in [-0.2, 0) is 4.74 Å². The molecule has 1 aromatic heterocycles. The molecule has 3 aromatic rings. The molecule has 0 fully saturated rings.